The van der Waals surface area contributed by atoms with E-state index in [0.29, 0.717) is 0 Å². The van der Waals surface area contributed by atoms with Crippen molar-refractivity contribution in [3.63, 3.8) is 0 Å². The van der Waals surface area contributed by atoms with Gasteiger partial charge in [-0.15, -0.1) is 0 Å². The van der Waals surface area contributed by atoms with Gasteiger partial charge in [-0.05, 0) is 49.5 Å². The molecular formula is C19H26N2. The summed E-state index contributed by atoms with van der Waals surface area (Å²) in [5.74, 6) is 0. The molecule has 0 N–H and O–H groups in total. The molecule has 2 nitrogen and oxygen atoms in total. The fourth-order valence-corrected chi connectivity index (χ4v) is 3.46. The Hall–Kier alpha value is -1.54. The number of nitrogens with zero attached hydrogens (tertiary/aromatic N) is 2. The van der Waals surface area contributed by atoms with Crippen LogP contribution in [0.2, 0.25) is 0 Å². The molecule has 3 rings (SSSR count). The van der Waals surface area contributed by atoms with Gasteiger partial charge in [-0.3, -0.25) is 4.90 Å². The molecule has 112 valence electrons. The molecular weight excluding hydrogens is 256 g/mol. The zero-order chi connectivity index (χ0) is 14.7. The van der Waals surface area contributed by atoms with E-state index in [0.717, 1.165) is 19.6 Å². The number of hydrogen-bond donors (Lipinski definition) is 0. The van der Waals surface area contributed by atoms with Crippen LogP contribution in [0, 0.1) is 0 Å². The second-order valence-corrected chi connectivity index (χ2v) is 5.99. The van der Waals surface area contributed by atoms with E-state index >= 15 is 0 Å². The van der Waals surface area contributed by atoms with E-state index in [-0.39, 0.29) is 0 Å². The highest BCUT2D eigenvalue weighted by atomic mass is 15.1. The molecule has 0 radical (unpaired) electrons. The summed E-state index contributed by atoms with van der Waals surface area (Å²) in [6.45, 7) is 9.17. The Labute approximate surface area is 128 Å². The topological polar surface area (TPSA) is 8.17 Å². The summed E-state index contributed by atoms with van der Waals surface area (Å²) in [7, 11) is 0. The van der Waals surface area contributed by atoms with Crippen LogP contribution in [0.1, 0.15) is 37.9 Å². The predicted octanol–water partition coefficient (Wildman–Crippen LogP) is 4.33. The van der Waals surface area contributed by atoms with Crippen LogP contribution in [-0.2, 0) is 19.5 Å². The minimum Gasteiger partial charge on any atom is -0.344 e. The Morgan fingerprint density at radius 3 is 2.62 bits per heavy atom. The van der Waals surface area contributed by atoms with Crippen LogP contribution in [0.15, 0.2) is 36.4 Å². The lowest BCUT2D eigenvalue weighted by Crippen LogP contribution is -2.22. The summed E-state index contributed by atoms with van der Waals surface area (Å²) in [5.41, 5.74) is 5.87. The van der Waals surface area contributed by atoms with Crippen molar-refractivity contribution in [3.05, 3.63) is 47.7 Å². The molecule has 1 aliphatic heterocycles. The highest BCUT2D eigenvalue weighted by Gasteiger charge is 2.20. The van der Waals surface area contributed by atoms with Crippen LogP contribution in [-0.4, -0.2) is 22.6 Å². The van der Waals surface area contributed by atoms with Crippen molar-refractivity contribution >= 4 is 0 Å². The van der Waals surface area contributed by atoms with Crippen LogP contribution < -0.4 is 0 Å². The number of benzene rings is 1. The molecule has 0 fully saturated rings. The predicted molar refractivity (Wildman–Crippen MR) is 89.4 cm³/mol. The Morgan fingerprint density at radius 1 is 1.10 bits per heavy atom. The van der Waals surface area contributed by atoms with Gasteiger partial charge in [0.2, 0.25) is 0 Å². The molecule has 0 aliphatic carbocycles. The van der Waals surface area contributed by atoms with E-state index in [2.05, 4.69) is 59.7 Å². The molecule has 0 unspecified atom stereocenters. The SMILES string of the molecule is CCCn1c(-c2ccccc2)cc2c1CCCN(CC)C2. The van der Waals surface area contributed by atoms with Gasteiger partial charge in [0.1, 0.15) is 0 Å². The molecule has 0 saturated carbocycles. The average Bonchev–Trinajstić information content (AvgIpc) is 2.73. The molecule has 0 bridgehead atoms. The van der Waals surface area contributed by atoms with Crippen molar-refractivity contribution in [1.82, 2.24) is 9.47 Å². The fraction of sp³-hybridized carbons (Fsp3) is 0.474. The minimum atomic E-state index is 1.11. The van der Waals surface area contributed by atoms with E-state index in [1.165, 1.54) is 37.1 Å². The van der Waals surface area contributed by atoms with Crippen LogP contribution >= 0.6 is 0 Å². The highest BCUT2D eigenvalue weighted by molar-refractivity contribution is 5.62. The Balaban J connectivity index is 2.05. The largest absolute Gasteiger partial charge is 0.344 e. The lowest BCUT2D eigenvalue weighted by Gasteiger charge is -2.16. The van der Waals surface area contributed by atoms with E-state index in [1.54, 1.807) is 11.3 Å². The molecule has 1 aromatic heterocycles. The van der Waals surface area contributed by atoms with Gasteiger partial charge in [-0.2, -0.15) is 0 Å². The van der Waals surface area contributed by atoms with Gasteiger partial charge in [0.25, 0.3) is 0 Å². The molecule has 0 saturated heterocycles. The summed E-state index contributed by atoms with van der Waals surface area (Å²) in [6.07, 6.45) is 3.69. The first-order chi connectivity index (χ1) is 10.3. The van der Waals surface area contributed by atoms with Crippen molar-refractivity contribution in [1.29, 1.82) is 0 Å². The van der Waals surface area contributed by atoms with E-state index < -0.39 is 0 Å². The average molecular weight is 282 g/mol. The maximum atomic E-state index is 2.57. The molecule has 2 heterocycles. The summed E-state index contributed by atoms with van der Waals surface area (Å²) in [5, 5.41) is 0. The summed E-state index contributed by atoms with van der Waals surface area (Å²) < 4.78 is 2.57. The van der Waals surface area contributed by atoms with Gasteiger partial charge in [0.15, 0.2) is 0 Å². The van der Waals surface area contributed by atoms with E-state index in [4.69, 9.17) is 0 Å². The molecule has 21 heavy (non-hydrogen) atoms. The highest BCUT2D eigenvalue weighted by Crippen LogP contribution is 2.30. The first kappa shape index (κ1) is 14.4. The van der Waals surface area contributed by atoms with Gasteiger partial charge >= 0.3 is 0 Å². The van der Waals surface area contributed by atoms with Crippen molar-refractivity contribution < 1.29 is 0 Å². The van der Waals surface area contributed by atoms with Crippen LogP contribution in [0.4, 0.5) is 0 Å². The summed E-state index contributed by atoms with van der Waals surface area (Å²) in [6, 6.07) is 13.3. The fourth-order valence-electron chi connectivity index (χ4n) is 3.46. The Morgan fingerprint density at radius 2 is 1.90 bits per heavy atom. The number of aromatic nitrogens is 1. The molecule has 1 aromatic carbocycles. The third kappa shape index (κ3) is 2.91. The van der Waals surface area contributed by atoms with Crippen molar-refractivity contribution in [3.8, 4) is 11.3 Å². The van der Waals surface area contributed by atoms with E-state index in [1.807, 2.05) is 0 Å². The molecule has 0 atom stereocenters. The third-order valence-corrected chi connectivity index (χ3v) is 4.54. The van der Waals surface area contributed by atoms with Gasteiger partial charge in [-0.25, -0.2) is 0 Å². The summed E-state index contributed by atoms with van der Waals surface area (Å²) in [4.78, 5) is 2.57. The zero-order valence-corrected chi connectivity index (χ0v) is 13.3. The van der Waals surface area contributed by atoms with Gasteiger partial charge in [0.05, 0.1) is 0 Å². The maximum absolute atomic E-state index is 2.57. The quantitative estimate of drug-likeness (QED) is 0.810. The molecule has 1 aliphatic rings. The van der Waals surface area contributed by atoms with Crippen molar-refractivity contribution in [2.75, 3.05) is 13.1 Å². The van der Waals surface area contributed by atoms with E-state index in [9.17, 15) is 0 Å². The standard InChI is InChI=1S/C19H26N2/c1-3-12-21-18-11-8-13-20(4-2)15-17(18)14-19(21)16-9-6-5-7-10-16/h5-7,9-10,14H,3-4,8,11-13,15H2,1-2H3. The zero-order valence-electron chi connectivity index (χ0n) is 13.3. The van der Waals surface area contributed by atoms with Crippen LogP contribution in [0.5, 0.6) is 0 Å². The molecule has 2 aromatic rings. The second kappa shape index (κ2) is 6.48. The van der Waals surface area contributed by atoms with Crippen molar-refractivity contribution in [2.45, 2.75) is 46.2 Å². The van der Waals surface area contributed by atoms with Crippen molar-refractivity contribution in [2.24, 2.45) is 0 Å². The number of hydrogen-bond acceptors (Lipinski definition) is 1. The van der Waals surface area contributed by atoms with Crippen LogP contribution in [0.25, 0.3) is 11.3 Å². The van der Waals surface area contributed by atoms with Gasteiger partial charge in [0, 0.05) is 24.5 Å². The second-order valence-electron chi connectivity index (χ2n) is 5.99. The maximum Gasteiger partial charge on any atom is 0.0485 e. The normalized spacial score (nSPS) is 15.7. The van der Waals surface area contributed by atoms with Crippen LogP contribution in [0.3, 0.4) is 0 Å². The van der Waals surface area contributed by atoms with Gasteiger partial charge in [-0.1, -0.05) is 44.2 Å². The molecule has 0 spiro atoms. The number of rotatable bonds is 4. The van der Waals surface area contributed by atoms with Gasteiger partial charge < -0.3 is 4.57 Å². The third-order valence-electron chi connectivity index (χ3n) is 4.54. The first-order valence-electron chi connectivity index (χ1n) is 8.32. The molecule has 2 heteroatoms. The smallest absolute Gasteiger partial charge is 0.0485 e. The lowest BCUT2D eigenvalue weighted by atomic mass is 10.1. The number of fused-ring (bicyclic) bond motifs is 1. The molecule has 0 amide bonds. The Bertz CT molecular complexity index is 583. The lowest BCUT2D eigenvalue weighted by molar-refractivity contribution is 0.284. The minimum absolute atomic E-state index is 1.11. The first-order valence-corrected chi connectivity index (χ1v) is 8.32. The summed E-state index contributed by atoms with van der Waals surface area (Å²) >= 11 is 0. The monoisotopic (exact) mass is 282 g/mol. The Kier molecular flexibility index (Phi) is 4.45.